The molecule has 0 spiro atoms. The molecular weight excluding hydrogens is 349 g/mol. The highest BCUT2D eigenvalue weighted by Gasteiger charge is 2.32. The van der Waals surface area contributed by atoms with Crippen molar-refractivity contribution >= 4 is 38.6 Å². The van der Waals surface area contributed by atoms with E-state index < -0.39 is 0 Å². The van der Waals surface area contributed by atoms with Crippen molar-refractivity contribution in [2.75, 3.05) is 25.5 Å². The number of carbonyl (C=O) groups is 1. The first-order valence-corrected chi connectivity index (χ1v) is 8.00. The normalized spacial score (nSPS) is 18.0. The number of fused-ring (bicyclic) bond motifs is 1. The molecule has 1 aliphatic heterocycles. The Morgan fingerprint density at radius 2 is 2.18 bits per heavy atom. The first-order chi connectivity index (χ1) is 10.5. The van der Waals surface area contributed by atoms with Gasteiger partial charge in [-0.25, -0.2) is 9.37 Å². The summed E-state index contributed by atoms with van der Waals surface area (Å²) in [7, 11) is 3.53. The zero-order chi connectivity index (χ0) is 15.9. The molecule has 1 aromatic heterocycles. The van der Waals surface area contributed by atoms with Crippen LogP contribution in [0.3, 0.4) is 0 Å². The van der Waals surface area contributed by atoms with Gasteiger partial charge in [-0.05, 0) is 47.0 Å². The smallest absolute Gasteiger partial charge is 0.244 e. The molecule has 116 valence electrons. The number of likely N-dealkylation sites (N-methyl/N-ethyl adjacent to an activating group) is 1. The zero-order valence-corrected chi connectivity index (χ0v) is 14.1. The van der Waals surface area contributed by atoms with E-state index in [1.807, 2.05) is 17.0 Å². The zero-order valence-electron chi connectivity index (χ0n) is 12.5. The molecule has 0 N–H and O–H groups in total. The molecule has 2 aromatic rings. The number of aromatic nitrogens is 1. The van der Waals surface area contributed by atoms with Crippen molar-refractivity contribution in [2.24, 2.45) is 0 Å². The number of halogens is 2. The van der Waals surface area contributed by atoms with Gasteiger partial charge in [-0.3, -0.25) is 4.79 Å². The molecule has 6 heteroatoms. The third-order valence-electron chi connectivity index (χ3n) is 3.99. The van der Waals surface area contributed by atoms with Crippen LogP contribution in [-0.2, 0) is 4.79 Å². The highest BCUT2D eigenvalue weighted by atomic mass is 79.9. The van der Waals surface area contributed by atoms with Crippen molar-refractivity contribution in [3.05, 3.63) is 34.6 Å². The lowest BCUT2D eigenvalue weighted by atomic mass is 10.2. The molecule has 1 saturated heterocycles. The number of amides is 1. The molecule has 1 unspecified atom stereocenters. The number of hydrogen-bond acceptors (Lipinski definition) is 3. The van der Waals surface area contributed by atoms with Gasteiger partial charge in [-0.15, -0.1) is 0 Å². The molecule has 1 aliphatic rings. The minimum atomic E-state index is -0.334. The number of anilines is 1. The number of pyridine rings is 1. The van der Waals surface area contributed by atoms with Gasteiger partial charge in [0.05, 0.1) is 9.99 Å². The number of nitrogens with zero attached hydrogens (tertiary/aromatic N) is 3. The maximum Gasteiger partial charge on any atom is 0.244 e. The molecular formula is C16H17BrFN3O. The first kappa shape index (κ1) is 15.2. The van der Waals surface area contributed by atoms with Crippen LogP contribution in [0.1, 0.15) is 12.8 Å². The van der Waals surface area contributed by atoms with Crippen LogP contribution in [-0.4, -0.2) is 42.5 Å². The van der Waals surface area contributed by atoms with Crippen LogP contribution in [0.2, 0.25) is 0 Å². The SMILES string of the molecule is CN(C)C(=O)C1CCCN1c1ccc2cc(Br)c(F)cc2n1. The van der Waals surface area contributed by atoms with E-state index in [9.17, 15) is 9.18 Å². The highest BCUT2D eigenvalue weighted by Crippen LogP contribution is 2.28. The van der Waals surface area contributed by atoms with Crippen molar-refractivity contribution in [1.82, 2.24) is 9.88 Å². The molecule has 0 bridgehead atoms. The maximum atomic E-state index is 13.7. The van der Waals surface area contributed by atoms with E-state index in [1.165, 1.54) is 6.07 Å². The fourth-order valence-corrected chi connectivity index (χ4v) is 3.22. The number of rotatable bonds is 2. The Bertz CT molecular complexity index is 735. The molecule has 1 aromatic carbocycles. The summed E-state index contributed by atoms with van der Waals surface area (Å²) in [5.74, 6) is 0.479. The molecule has 22 heavy (non-hydrogen) atoms. The summed E-state index contributed by atoms with van der Waals surface area (Å²) in [5, 5.41) is 0.867. The summed E-state index contributed by atoms with van der Waals surface area (Å²) in [5.41, 5.74) is 0.598. The third-order valence-corrected chi connectivity index (χ3v) is 4.60. The van der Waals surface area contributed by atoms with Crippen LogP contribution in [0.4, 0.5) is 10.2 Å². The second-order valence-electron chi connectivity index (χ2n) is 5.71. The summed E-state index contributed by atoms with van der Waals surface area (Å²) in [6, 6.07) is 6.77. The predicted octanol–water partition coefficient (Wildman–Crippen LogP) is 3.19. The van der Waals surface area contributed by atoms with E-state index in [4.69, 9.17) is 0 Å². The summed E-state index contributed by atoms with van der Waals surface area (Å²) in [6.07, 6.45) is 1.78. The van der Waals surface area contributed by atoms with E-state index in [0.29, 0.717) is 9.99 Å². The van der Waals surface area contributed by atoms with Gasteiger partial charge in [0.15, 0.2) is 0 Å². The van der Waals surface area contributed by atoms with Gasteiger partial charge in [0.2, 0.25) is 5.91 Å². The molecule has 1 atom stereocenters. The van der Waals surface area contributed by atoms with Gasteiger partial charge < -0.3 is 9.80 Å². The lowest BCUT2D eigenvalue weighted by molar-refractivity contribution is -0.129. The van der Waals surface area contributed by atoms with Crippen LogP contribution in [0.15, 0.2) is 28.7 Å². The Hall–Kier alpha value is -1.69. The Balaban J connectivity index is 1.99. The van der Waals surface area contributed by atoms with Gasteiger partial charge >= 0.3 is 0 Å². The molecule has 0 saturated carbocycles. The van der Waals surface area contributed by atoms with E-state index in [-0.39, 0.29) is 17.8 Å². The molecule has 2 heterocycles. The van der Waals surface area contributed by atoms with Crippen LogP contribution >= 0.6 is 15.9 Å². The maximum absolute atomic E-state index is 13.7. The summed E-state index contributed by atoms with van der Waals surface area (Å²) >= 11 is 3.18. The van der Waals surface area contributed by atoms with E-state index >= 15 is 0 Å². The lowest BCUT2D eigenvalue weighted by Gasteiger charge is -2.27. The van der Waals surface area contributed by atoms with E-state index in [2.05, 4.69) is 20.9 Å². The fourth-order valence-electron chi connectivity index (χ4n) is 2.86. The van der Waals surface area contributed by atoms with E-state index in [0.717, 1.165) is 30.6 Å². The van der Waals surface area contributed by atoms with Crippen LogP contribution in [0, 0.1) is 5.82 Å². The van der Waals surface area contributed by atoms with Crippen molar-refractivity contribution < 1.29 is 9.18 Å². The third kappa shape index (κ3) is 2.67. The Morgan fingerprint density at radius 3 is 2.91 bits per heavy atom. The molecule has 4 nitrogen and oxygen atoms in total. The van der Waals surface area contributed by atoms with Gasteiger partial charge in [0, 0.05) is 32.1 Å². The van der Waals surface area contributed by atoms with Crippen molar-refractivity contribution in [2.45, 2.75) is 18.9 Å². The van der Waals surface area contributed by atoms with Gasteiger partial charge in [0.25, 0.3) is 0 Å². The van der Waals surface area contributed by atoms with Gasteiger partial charge in [0.1, 0.15) is 17.7 Å². The largest absolute Gasteiger partial charge is 0.347 e. The summed E-state index contributed by atoms with van der Waals surface area (Å²) < 4.78 is 14.1. The predicted molar refractivity (Wildman–Crippen MR) is 88.5 cm³/mol. The Labute approximate surface area is 137 Å². The van der Waals surface area contributed by atoms with E-state index in [1.54, 1.807) is 25.1 Å². The minimum Gasteiger partial charge on any atom is -0.347 e. The van der Waals surface area contributed by atoms with Gasteiger partial charge in [-0.1, -0.05) is 0 Å². The second kappa shape index (κ2) is 5.83. The molecule has 1 amide bonds. The second-order valence-corrected chi connectivity index (χ2v) is 6.57. The number of benzene rings is 1. The van der Waals surface area contributed by atoms with Crippen LogP contribution in [0.25, 0.3) is 10.9 Å². The molecule has 0 aliphatic carbocycles. The molecule has 0 radical (unpaired) electrons. The summed E-state index contributed by atoms with van der Waals surface area (Å²) in [6.45, 7) is 0.793. The fraction of sp³-hybridized carbons (Fsp3) is 0.375. The topological polar surface area (TPSA) is 36.4 Å². The van der Waals surface area contributed by atoms with Crippen molar-refractivity contribution in [3.8, 4) is 0 Å². The monoisotopic (exact) mass is 365 g/mol. The Kier molecular flexibility index (Phi) is 4.04. The number of carbonyl (C=O) groups excluding carboxylic acids is 1. The summed E-state index contributed by atoms with van der Waals surface area (Å²) in [4.78, 5) is 20.5. The van der Waals surface area contributed by atoms with Crippen molar-refractivity contribution in [1.29, 1.82) is 0 Å². The van der Waals surface area contributed by atoms with Crippen LogP contribution < -0.4 is 4.90 Å². The van der Waals surface area contributed by atoms with Gasteiger partial charge in [-0.2, -0.15) is 0 Å². The average molecular weight is 366 g/mol. The molecule has 3 rings (SSSR count). The average Bonchev–Trinajstić information content (AvgIpc) is 2.96. The minimum absolute atomic E-state index is 0.0846. The quantitative estimate of drug-likeness (QED) is 0.819. The van der Waals surface area contributed by atoms with Crippen LogP contribution in [0.5, 0.6) is 0 Å². The Morgan fingerprint density at radius 1 is 1.41 bits per heavy atom. The lowest BCUT2D eigenvalue weighted by Crippen LogP contribution is -2.43. The first-order valence-electron chi connectivity index (χ1n) is 7.21. The highest BCUT2D eigenvalue weighted by molar-refractivity contribution is 9.10. The number of hydrogen-bond donors (Lipinski definition) is 0. The molecule has 1 fully saturated rings. The standard InChI is InChI=1S/C16H17BrFN3O/c1-20(2)16(22)14-4-3-7-21(14)15-6-5-10-8-11(17)12(18)9-13(10)19-15/h5-6,8-9,14H,3-4,7H2,1-2H3. The van der Waals surface area contributed by atoms with Crippen molar-refractivity contribution in [3.63, 3.8) is 0 Å².